The monoisotopic (exact) mass is 502 g/mol. The largest absolute Gasteiger partial charge is 0.426 e. The summed E-state index contributed by atoms with van der Waals surface area (Å²) in [4.78, 5) is 23.3. The molecule has 0 N–H and O–H groups in total. The standard InChI is InChI=1S/C34H30O4/c1-5-7-27-19-25(13-17-31(27)37-21(3)35)29-15-11-23-9-10-24-12-16-30(34(29)33(23)24)26-14-18-32(38-22(4)36)28(20-26)8-6-2/h5-6,11-20H,1-2,7-10H2,3-4H3. The minimum atomic E-state index is -0.344. The molecule has 38 heavy (non-hydrogen) atoms. The fourth-order valence-electron chi connectivity index (χ4n) is 5.44. The van der Waals surface area contributed by atoms with E-state index in [-0.39, 0.29) is 11.9 Å². The second kappa shape index (κ2) is 10.5. The SMILES string of the molecule is C=CCc1cc(-c2ccc3c4c(ccc(-c5ccc(OC(C)=O)c(CC=C)c5)c24)CC3)ccc1OC(C)=O. The van der Waals surface area contributed by atoms with Crippen molar-refractivity contribution >= 4 is 22.7 Å². The average Bonchev–Trinajstić information content (AvgIpc) is 3.31. The van der Waals surface area contributed by atoms with Crippen LogP contribution in [0.15, 0.2) is 86.0 Å². The zero-order valence-electron chi connectivity index (χ0n) is 21.8. The lowest BCUT2D eigenvalue weighted by atomic mass is 9.88. The lowest BCUT2D eigenvalue weighted by Crippen LogP contribution is -2.04. The number of carbonyl (C=O) groups excluding carboxylic acids is 2. The molecule has 5 rings (SSSR count). The van der Waals surface area contributed by atoms with Crippen molar-refractivity contribution in [2.45, 2.75) is 39.5 Å². The molecule has 0 saturated heterocycles. The first kappa shape index (κ1) is 25.2. The Hall–Kier alpha value is -4.44. The number of ether oxygens (including phenoxy) is 2. The van der Waals surface area contributed by atoms with Gasteiger partial charge in [-0.1, -0.05) is 48.6 Å². The van der Waals surface area contributed by atoms with Gasteiger partial charge in [-0.3, -0.25) is 9.59 Å². The maximum atomic E-state index is 11.7. The minimum absolute atomic E-state index is 0.344. The summed E-state index contributed by atoms with van der Waals surface area (Å²) < 4.78 is 10.9. The van der Waals surface area contributed by atoms with Gasteiger partial charge in [0.15, 0.2) is 0 Å². The summed E-state index contributed by atoms with van der Waals surface area (Å²) in [6.45, 7) is 10.6. The molecule has 1 aliphatic rings. The highest BCUT2D eigenvalue weighted by atomic mass is 16.5. The molecule has 0 bridgehead atoms. The van der Waals surface area contributed by atoms with Crippen molar-refractivity contribution in [2.75, 3.05) is 0 Å². The van der Waals surface area contributed by atoms with Gasteiger partial charge in [-0.25, -0.2) is 0 Å². The van der Waals surface area contributed by atoms with Crippen LogP contribution in [0.1, 0.15) is 36.1 Å². The van der Waals surface area contributed by atoms with Gasteiger partial charge in [0.05, 0.1) is 0 Å². The molecule has 0 aliphatic heterocycles. The molecule has 4 heteroatoms. The van der Waals surface area contributed by atoms with E-state index in [0.29, 0.717) is 24.3 Å². The van der Waals surface area contributed by atoms with Crippen LogP contribution in [0.3, 0.4) is 0 Å². The quantitative estimate of drug-likeness (QED) is 0.142. The Bertz CT molecular complexity index is 1490. The van der Waals surface area contributed by atoms with E-state index in [1.165, 1.54) is 35.7 Å². The minimum Gasteiger partial charge on any atom is -0.426 e. The molecule has 0 aromatic heterocycles. The van der Waals surface area contributed by atoms with Crippen LogP contribution in [0, 0.1) is 0 Å². The van der Waals surface area contributed by atoms with Crippen molar-refractivity contribution in [1.82, 2.24) is 0 Å². The van der Waals surface area contributed by atoms with Crippen molar-refractivity contribution in [3.63, 3.8) is 0 Å². The van der Waals surface area contributed by atoms with E-state index < -0.39 is 0 Å². The van der Waals surface area contributed by atoms with Crippen LogP contribution in [0.5, 0.6) is 11.5 Å². The molecule has 0 heterocycles. The van der Waals surface area contributed by atoms with Crippen molar-refractivity contribution in [2.24, 2.45) is 0 Å². The molecule has 4 aromatic carbocycles. The number of benzene rings is 4. The number of allylic oxidation sites excluding steroid dienone is 2. The van der Waals surface area contributed by atoms with Crippen LogP contribution in [0.4, 0.5) is 0 Å². The number of hydrogen-bond donors (Lipinski definition) is 0. The number of aryl methyl sites for hydroxylation is 2. The first-order valence-corrected chi connectivity index (χ1v) is 12.8. The van der Waals surface area contributed by atoms with Crippen molar-refractivity contribution in [1.29, 1.82) is 0 Å². The molecule has 0 saturated carbocycles. The van der Waals surface area contributed by atoms with E-state index in [1.807, 2.05) is 36.4 Å². The van der Waals surface area contributed by atoms with E-state index in [2.05, 4.69) is 49.6 Å². The van der Waals surface area contributed by atoms with Crippen LogP contribution >= 0.6 is 0 Å². The molecule has 0 fully saturated rings. The van der Waals surface area contributed by atoms with Gasteiger partial charge in [-0.15, -0.1) is 13.2 Å². The number of esters is 2. The summed E-state index contributed by atoms with van der Waals surface area (Å²) in [6.07, 6.45) is 6.86. The molecule has 4 aromatic rings. The van der Waals surface area contributed by atoms with E-state index in [0.717, 1.165) is 46.2 Å². The zero-order chi connectivity index (χ0) is 26.8. The summed E-state index contributed by atoms with van der Waals surface area (Å²) in [5.41, 5.74) is 8.88. The van der Waals surface area contributed by atoms with Gasteiger partial charge in [0.25, 0.3) is 0 Å². The van der Waals surface area contributed by atoms with E-state index in [1.54, 1.807) is 0 Å². The van der Waals surface area contributed by atoms with E-state index in [4.69, 9.17) is 9.47 Å². The van der Waals surface area contributed by atoms with Crippen LogP contribution in [0.25, 0.3) is 33.0 Å². The smallest absolute Gasteiger partial charge is 0.308 e. The van der Waals surface area contributed by atoms with E-state index in [9.17, 15) is 9.59 Å². The Morgan fingerprint density at radius 2 is 1.13 bits per heavy atom. The summed E-state index contributed by atoms with van der Waals surface area (Å²) in [6, 6.07) is 20.8. The fourth-order valence-corrected chi connectivity index (χ4v) is 5.44. The second-order valence-corrected chi connectivity index (χ2v) is 9.61. The third kappa shape index (κ3) is 4.78. The van der Waals surface area contributed by atoms with Crippen molar-refractivity contribution in [3.05, 3.63) is 108 Å². The molecule has 0 spiro atoms. The molecule has 0 radical (unpaired) electrons. The van der Waals surface area contributed by atoms with Gasteiger partial charge in [-0.05, 0) is 105 Å². The predicted molar refractivity (Wildman–Crippen MR) is 153 cm³/mol. The highest BCUT2D eigenvalue weighted by Crippen LogP contribution is 2.44. The first-order valence-electron chi connectivity index (χ1n) is 12.8. The lowest BCUT2D eigenvalue weighted by Gasteiger charge is -2.17. The van der Waals surface area contributed by atoms with Gasteiger partial charge in [0, 0.05) is 13.8 Å². The Morgan fingerprint density at radius 1 is 0.684 bits per heavy atom. The Balaban J connectivity index is 1.74. The van der Waals surface area contributed by atoms with Crippen molar-refractivity contribution < 1.29 is 19.1 Å². The lowest BCUT2D eigenvalue weighted by molar-refractivity contribution is -0.132. The summed E-state index contributed by atoms with van der Waals surface area (Å²) >= 11 is 0. The predicted octanol–water partition coefficient (Wildman–Crippen LogP) is 7.58. The molecular formula is C34H30O4. The average molecular weight is 503 g/mol. The Labute approximate surface area is 223 Å². The summed E-state index contributed by atoms with van der Waals surface area (Å²) in [5, 5.41) is 2.51. The second-order valence-electron chi connectivity index (χ2n) is 9.61. The van der Waals surface area contributed by atoms with Gasteiger partial charge < -0.3 is 9.47 Å². The summed E-state index contributed by atoms with van der Waals surface area (Å²) in [7, 11) is 0. The van der Waals surface area contributed by atoms with Gasteiger partial charge in [-0.2, -0.15) is 0 Å². The van der Waals surface area contributed by atoms with Crippen molar-refractivity contribution in [3.8, 4) is 33.8 Å². The maximum Gasteiger partial charge on any atom is 0.308 e. The number of carbonyl (C=O) groups is 2. The molecule has 1 aliphatic carbocycles. The van der Waals surface area contributed by atoms with Gasteiger partial charge >= 0.3 is 11.9 Å². The van der Waals surface area contributed by atoms with Crippen LogP contribution in [-0.4, -0.2) is 11.9 Å². The Kier molecular flexibility index (Phi) is 6.97. The van der Waals surface area contributed by atoms with E-state index >= 15 is 0 Å². The summed E-state index contributed by atoms with van der Waals surface area (Å²) in [5.74, 6) is 0.427. The van der Waals surface area contributed by atoms with Crippen LogP contribution < -0.4 is 9.47 Å². The molecule has 0 amide bonds. The number of rotatable bonds is 8. The molecule has 190 valence electrons. The highest BCUT2D eigenvalue weighted by molar-refractivity contribution is 6.10. The fraction of sp³-hybridized carbons (Fsp3) is 0.176. The Morgan fingerprint density at radius 3 is 1.53 bits per heavy atom. The molecule has 4 nitrogen and oxygen atoms in total. The highest BCUT2D eigenvalue weighted by Gasteiger charge is 2.21. The zero-order valence-corrected chi connectivity index (χ0v) is 21.8. The maximum absolute atomic E-state index is 11.7. The molecular weight excluding hydrogens is 472 g/mol. The topological polar surface area (TPSA) is 52.6 Å². The first-order chi connectivity index (χ1) is 18.4. The molecule has 0 atom stereocenters. The third-order valence-electron chi connectivity index (χ3n) is 6.98. The van der Waals surface area contributed by atoms with Gasteiger partial charge in [0.1, 0.15) is 11.5 Å². The van der Waals surface area contributed by atoms with Crippen LogP contribution in [-0.2, 0) is 35.3 Å². The van der Waals surface area contributed by atoms with Gasteiger partial charge in [0.2, 0.25) is 0 Å². The molecule has 0 unspecified atom stereocenters. The normalized spacial score (nSPS) is 11.8. The number of hydrogen-bond acceptors (Lipinski definition) is 4. The van der Waals surface area contributed by atoms with Crippen LogP contribution in [0.2, 0.25) is 0 Å². The third-order valence-corrected chi connectivity index (χ3v) is 6.98.